The van der Waals surface area contributed by atoms with Crippen LogP contribution in [0.15, 0.2) is 12.4 Å². The van der Waals surface area contributed by atoms with Gasteiger partial charge in [0.1, 0.15) is 0 Å². The molecule has 108 valence electrons. The van der Waals surface area contributed by atoms with Crippen molar-refractivity contribution in [2.45, 2.75) is 51.1 Å². The van der Waals surface area contributed by atoms with E-state index in [1.165, 1.54) is 31.5 Å². The molecule has 1 saturated heterocycles. The topological polar surface area (TPSA) is 33.1 Å². The molecule has 1 N–H and O–H groups in total. The van der Waals surface area contributed by atoms with Crippen molar-refractivity contribution < 1.29 is 0 Å². The van der Waals surface area contributed by atoms with Crippen LogP contribution in [-0.4, -0.2) is 46.4 Å². The van der Waals surface area contributed by atoms with E-state index < -0.39 is 0 Å². The van der Waals surface area contributed by atoms with Crippen LogP contribution in [0, 0.1) is 0 Å². The van der Waals surface area contributed by atoms with Crippen LogP contribution in [0.25, 0.3) is 0 Å². The maximum atomic E-state index is 4.25. The Balaban J connectivity index is 1.94. The number of nitrogens with zero attached hydrogens (tertiary/aromatic N) is 3. The van der Waals surface area contributed by atoms with Crippen LogP contribution in [0.4, 0.5) is 0 Å². The van der Waals surface area contributed by atoms with Gasteiger partial charge in [-0.1, -0.05) is 0 Å². The smallest absolute Gasteiger partial charge is 0.0521 e. The van der Waals surface area contributed by atoms with Crippen molar-refractivity contribution in [1.82, 2.24) is 20.0 Å². The van der Waals surface area contributed by atoms with Crippen LogP contribution in [0.3, 0.4) is 0 Å². The Morgan fingerprint density at radius 3 is 2.58 bits per heavy atom. The molecular formula is C15H28N4. The molecule has 1 atom stereocenters. The second-order valence-corrected chi connectivity index (χ2v) is 6.25. The summed E-state index contributed by atoms with van der Waals surface area (Å²) in [5.41, 5.74) is 1.56. The lowest BCUT2D eigenvalue weighted by Gasteiger charge is -2.42. The zero-order valence-electron chi connectivity index (χ0n) is 12.8. The molecule has 1 aliphatic heterocycles. The number of hydrogen-bond acceptors (Lipinski definition) is 3. The number of rotatable bonds is 6. The van der Waals surface area contributed by atoms with Crippen LogP contribution in [0.1, 0.15) is 38.7 Å². The van der Waals surface area contributed by atoms with Crippen molar-refractivity contribution in [3.8, 4) is 0 Å². The molecule has 1 fully saturated rings. The fraction of sp³-hybridized carbons (Fsp3) is 0.800. The first-order valence-corrected chi connectivity index (χ1v) is 7.44. The molecule has 0 aliphatic carbocycles. The largest absolute Gasteiger partial charge is 0.315 e. The summed E-state index contributed by atoms with van der Waals surface area (Å²) >= 11 is 0. The van der Waals surface area contributed by atoms with E-state index in [1.54, 1.807) is 0 Å². The van der Waals surface area contributed by atoms with Gasteiger partial charge < -0.3 is 5.32 Å². The second kappa shape index (κ2) is 6.06. The number of likely N-dealkylation sites (tertiary alicyclic amines) is 1. The molecule has 1 aliphatic rings. The highest BCUT2D eigenvalue weighted by molar-refractivity contribution is 5.05. The molecule has 0 aromatic carbocycles. The van der Waals surface area contributed by atoms with Gasteiger partial charge in [-0.15, -0.1) is 0 Å². The fourth-order valence-electron chi connectivity index (χ4n) is 3.28. The molecule has 19 heavy (non-hydrogen) atoms. The Labute approximate surface area is 117 Å². The SMILES string of the molecule is CNC(CCc1cnn(C)c1)C(C)(C)N1CCCC1. The molecule has 4 nitrogen and oxygen atoms in total. The molecule has 0 saturated carbocycles. The molecule has 0 bridgehead atoms. The summed E-state index contributed by atoms with van der Waals surface area (Å²) in [7, 11) is 4.07. The molecule has 2 heterocycles. The van der Waals surface area contributed by atoms with E-state index >= 15 is 0 Å². The first-order chi connectivity index (χ1) is 9.04. The monoisotopic (exact) mass is 264 g/mol. The number of likely N-dealkylation sites (N-methyl/N-ethyl adjacent to an activating group) is 1. The summed E-state index contributed by atoms with van der Waals surface area (Å²) in [5, 5.41) is 7.77. The van der Waals surface area contributed by atoms with Crippen molar-refractivity contribution in [1.29, 1.82) is 0 Å². The minimum Gasteiger partial charge on any atom is -0.315 e. The van der Waals surface area contributed by atoms with Crippen molar-refractivity contribution in [3.05, 3.63) is 18.0 Å². The number of nitrogens with one attached hydrogen (secondary N) is 1. The highest BCUT2D eigenvalue weighted by Crippen LogP contribution is 2.26. The van der Waals surface area contributed by atoms with Crippen LogP contribution >= 0.6 is 0 Å². The van der Waals surface area contributed by atoms with Gasteiger partial charge in [-0.3, -0.25) is 9.58 Å². The predicted octanol–water partition coefficient (Wildman–Crippen LogP) is 1.82. The molecule has 1 aromatic heterocycles. The van der Waals surface area contributed by atoms with Gasteiger partial charge in [0.2, 0.25) is 0 Å². The van der Waals surface area contributed by atoms with Crippen molar-refractivity contribution >= 4 is 0 Å². The summed E-state index contributed by atoms with van der Waals surface area (Å²) in [5.74, 6) is 0. The predicted molar refractivity (Wildman–Crippen MR) is 79.3 cm³/mol. The van der Waals surface area contributed by atoms with E-state index in [-0.39, 0.29) is 5.54 Å². The van der Waals surface area contributed by atoms with Crippen LogP contribution in [-0.2, 0) is 13.5 Å². The Morgan fingerprint density at radius 2 is 2.05 bits per heavy atom. The third kappa shape index (κ3) is 3.37. The zero-order chi connectivity index (χ0) is 13.9. The average molecular weight is 264 g/mol. The van der Waals surface area contributed by atoms with Gasteiger partial charge >= 0.3 is 0 Å². The summed E-state index contributed by atoms with van der Waals surface area (Å²) in [4.78, 5) is 2.64. The summed E-state index contributed by atoms with van der Waals surface area (Å²) < 4.78 is 1.88. The summed E-state index contributed by atoms with van der Waals surface area (Å²) in [6.07, 6.45) is 9.05. The Bertz CT molecular complexity index is 391. The van der Waals surface area contributed by atoms with Gasteiger partial charge in [0.15, 0.2) is 0 Å². The van der Waals surface area contributed by atoms with Crippen molar-refractivity contribution in [2.24, 2.45) is 7.05 Å². The van der Waals surface area contributed by atoms with E-state index in [4.69, 9.17) is 0 Å². The van der Waals surface area contributed by atoms with Gasteiger partial charge in [0.25, 0.3) is 0 Å². The maximum Gasteiger partial charge on any atom is 0.0521 e. The second-order valence-electron chi connectivity index (χ2n) is 6.25. The lowest BCUT2D eigenvalue weighted by molar-refractivity contribution is 0.106. The van der Waals surface area contributed by atoms with Gasteiger partial charge in [0, 0.05) is 24.8 Å². The van der Waals surface area contributed by atoms with Gasteiger partial charge in [0.05, 0.1) is 6.20 Å². The normalized spacial score (nSPS) is 18.9. The molecule has 4 heteroatoms. The quantitative estimate of drug-likeness (QED) is 0.851. The third-order valence-electron chi connectivity index (χ3n) is 4.60. The van der Waals surface area contributed by atoms with Crippen molar-refractivity contribution in [3.63, 3.8) is 0 Å². The van der Waals surface area contributed by atoms with Gasteiger partial charge in [-0.2, -0.15) is 5.10 Å². The highest BCUT2D eigenvalue weighted by atomic mass is 15.2. The van der Waals surface area contributed by atoms with Crippen LogP contribution in [0.5, 0.6) is 0 Å². The van der Waals surface area contributed by atoms with Gasteiger partial charge in [-0.05, 0) is 65.2 Å². The van der Waals surface area contributed by atoms with E-state index in [0.717, 1.165) is 12.8 Å². The number of hydrogen-bond donors (Lipinski definition) is 1. The summed E-state index contributed by atoms with van der Waals surface area (Å²) in [6, 6.07) is 0.519. The van der Waals surface area contributed by atoms with Crippen molar-refractivity contribution in [2.75, 3.05) is 20.1 Å². The lowest BCUT2D eigenvalue weighted by atomic mass is 9.88. The number of aromatic nitrogens is 2. The molecule has 1 aromatic rings. The number of aryl methyl sites for hydroxylation is 2. The Hall–Kier alpha value is -0.870. The average Bonchev–Trinajstić information content (AvgIpc) is 3.01. The highest BCUT2D eigenvalue weighted by Gasteiger charge is 2.35. The standard InChI is InChI=1S/C15H28N4/c1-15(2,19-9-5-6-10-19)14(16-3)8-7-13-11-17-18(4)12-13/h11-12,14,16H,5-10H2,1-4H3. The van der Waals surface area contributed by atoms with E-state index in [0.29, 0.717) is 6.04 Å². The van der Waals surface area contributed by atoms with E-state index in [2.05, 4.69) is 42.4 Å². The maximum absolute atomic E-state index is 4.25. The first kappa shape index (κ1) is 14.5. The van der Waals surface area contributed by atoms with E-state index in [1.807, 2.05) is 17.9 Å². The van der Waals surface area contributed by atoms with Crippen LogP contribution < -0.4 is 5.32 Å². The fourth-order valence-corrected chi connectivity index (χ4v) is 3.28. The summed E-state index contributed by atoms with van der Waals surface area (Å²) in [6.45, 7) is 7.25. The molecule has 0 radical (unpaired) electrons. The Morgan fingerprint density at radius 1 is 1.37 bits per heavy atom. The molecule has 1 unspecified atom stereocenters. The van der Waals surface area contributed by atoms with Gasteiger partial charge in [-0.25, -0.2) is 0 Å². The molecular weight excluding hydrogens is 236 g/mol. The molecule has 2 rings (SSSR count). The zero-order valence-corrected chi connectivity index (χ0v) is 12.8. The molecule has 0 amide bonds. The minimum atomic E-state index is 0.230. The molecule has 0 spiro atoms. The minimum absolute atomic E-state index is 0.230. The Kier molecular flexibility index (Phi) is 4.63. The van der Waals surface area contributed by atoms with E-state index in [9.17, 15) is 0 Å². The third-order valence-corrected chi connectivity index (χ3v) is 4.60. The van der Waals surface area contributed by atoms with Crippen LogP contribution in [0.2, 0.25) is 0 Å². The lowest BCUT2D eigenvalue weighted by Crippen LogP contribution is -2.56. The first-order valence-electron chi connectivity index (χ1n) is 7.44.